The van der Waals surface area contributed by atoms with E-state index in [2.05, 4.69) is 77.9 Å². The van der Waals surface area contributed by atoms with Gasteiger partial charge in [0.15, 0.2) is 5.96 Å². The summed E-state index contributed by atoms with van der Waals surface area (Å²) in [6.45, 7) is 3.69. The van der Waals surface area contributed by atoms with Gasteiger partial charge in [-0.05, 0) is 24.0 Å². The monoisotopic (exact) mass is 295 g/mol. The van der Waals surface area contributed by atoms with Crippen LogP contribution in [0.25, 0.3) is 0 Å². The number of nitrogens with two attached hydrogens (primary N) is 1. The lowest BCUT2D eigenvalue weighted by Crippen LogP contribution is -2.33. The zero-order valence-corrected chi connectivity index (χ0v) is 13.2. The summed E-state index contributed by atoms with van der Waals surface area (Å²) in [5.74, 6) is 0.913. The van der Waals surface area contributed by atoms with Gasteiger partial charge in [0.1, 0.15) is 0 Å². The fourth-order valence-electron chi connectivity index (χ4n) is 2.53. The lowest BCUT2D eigenvalue weighted by atomic mass is 9.88. The summed E-state index contributed by atoms with van der Waals surface area (Å²) in [6.07, 6.45) is 2.00. The molecule has 0 aliphatic carbocycles. The average molecular weight is 295 g/mol. The first-order valence-corrected chi connectivity index (χ1v) is 7.95. The molecule has 0 spiro atoms. The number of guanidine groups is 1. The van der Waals surface area contributed by atoms with Gasteiger partial charge in [0.2, 0.25) is 0 Å². The van der Waals surface area contributed by atoms with Crippen LogP contribution >= 0.6 is 0 Å². The molecule has 3 N–H and O–H groups in total. The van der Waals surface area contributed by atoms with Gasteiger partial charge in [-0.2, -0.15) is 0 Å². The molecule has 2 aromatic carbocycles. The molecule has 0 radical (unpaired) electrons. The highest BCUT2D eigenvalue weighted by Gasteiger charge is 2.13. The highest BCUT2D eigenvalue weighted by atomic mass is 15.1. The van der Waals surface area contributed by atoms with Crippen LogP contribution in [-0.2, 0) is 0 Å². The van der Waals surface area contributed by atoms with Crippen LogP contribution in [0.1, 0.15) is 36.8 Å². The zero-order valence-electron chi connectivity index (χ0n) is 13.2. The fourth-order valence-corrected chi connectivity index (χ4v) is 2.53. The van der Waals surface area contributed by atoms with Crippen LogP contribution in [0.5, 0.6) is 0 Å². The van der Waals surface area contributed by atoms with Crippen LogP contribution in [0.4, 0.5) is 0 Å². The molecule has 0 saturated carbocycles. The van der Waals surface area contributed by atoms with Crippen molar-refractivity contribution in [1.29, 1.82) is 0 Å². The van der Waals surface area contributed by atoms with Crippen molar-refractivity contribution in [2.24, 2.45) is 10.7 Å². The van der Waals surface area contributed by atoms with Crippen molar-refractivity contribution < 1.29 is 0 Å². The van der Waals surface area contributed by atoms with Gasteiger partial charge in [0.25, 0.3) is 0 Å². The molecule has 2 aromatic rings. The van der Waals surface area contributed by atoms with E-state index >= 15 is 0 Å². The molecule has 0 atom stereocenters. The van der Waals surface area contributed by atoms with Crippen molar-refractivity contribution in [2.75, 3.05) is 13.1 Å². The zero-order chi connectivity index (χ0) is 15.6. The Morgan fingerprint density at radius 1 is 1.00 bits per heavy atom. The Morgan fingerprint density at radius 2 is 1.55 bits per heavy atom. The standard InChI is InChI=1S/C19H25N3/c1-2-14-21-19(20)22-15-13-18(16-9-5-3-6-10-16)17-11-7-4-8-12-17/h3-12,18H,2,13-15H2,1H3,(H3,20,21,22). The number of hydrogen-bond acceptors (Lipinski definition) is 1. The fraction of sp³-hybridized carbons (Fsp3) is 0.316. The summed E-state index contributed by atoms with van der Waals surface area (Å²) < 4.78 is 0. The first-order chi connectivity index (χ1) is 10.8. The number of nitrogens with one attached hydrogen (secondary N) is 1. The van der Waals surface area contributed by atoms with E-state index in [1.165, 1.54) is 11.1 Å². The Balaban J connectivity index is 2.04. The van der Waals surface area contributed by atoms with Crippen molar-refractivity contribution in [1.82, 2.24) is 5.32 Å². The van der Waals surface area contributed by atoms with Gasteiger partial charge >= 0.3 is 0 Å². The molecule has 0 aliphatic heterocycles. The average Bonchev–Trinajstić information content (AvgIpc) is 2.58. The van der Waals surface area contributed by atoms with Crippen molar-refractivity contribution in [3.05, 3.63) is 71.8 Å². The lowest BCUT2D eigenvalue weighted by molar-refractivity contribution is 0.688. The number of rotatable bonds is 7. The normalized spacial score (nSPS) is 11.6. The van der Waals surface area contributed by atoms with Gasteiger partial charge in [-0.1, -0.05) is 67.6 Å². The molecule has 0 saturated heterocycles. The molecule has 0 heterocycles. The van der Waals surface area contributed by atoms with Crippen LogP contribution < -0.4 is 11.1 Å². The van der Waals surface area contributed by atoms with E-state index in [1.54, 1.807) is 0 Å². The summed E-state index contributed by atoms with van der Waals surface area (Å²) in [5, 5.41) is 3.22. The van der Waals surface area contributed by atoms with E-state index < -0.39 is 0 Å². The molecular formula is C19H25N3. The Morgan fingerprint density at radius 3 is 2.05 bits per heavy atom. The summed E-state index contributed by atoms with van der Waals surface area (Å²) >= 11 is 0. The van der Waals surface area contributed by atoms with Crippen LogP contribution in [0, 0.1) is 0 Å². The third-order valence-corrected chi connectivity index (χ3v) is 3.65. The third kappa shape index (κ3) is 4.92. The van der Waals surface area contributed by atoms with Crippen LogP contribution in [0.2, 0.25) is 0 Å². The molecule has 0 aliphatic rings. The lowest BCUT2D eigenvalue weighted by Gasteiger charge is -2.18. The summed E-state index contributed by atoms with van der Waals surface area (Å²) in [4.78, 5) is 4.27. The molecular weight excluding hydrogens is 270 g/mol. The second-order valence-corrected chi connectivity index (χ2v) is 5.36. The number of nitrogens with zero attached hydrogens (tertiary/aromatic N) is 1. The smallest absolute Gasteiger partial charge is 0.188 e. The van der Waals surface area contributed by atoms with Gasteiger partial charge in [-0.15, -0.1) is 0 Å². The molecule has 0 fully saturated rings. The van der Waals surface area contributed by atoms with Crippen LogP contribution in [0.15, 0.2) is 65.7 Å². The van der Waals surface area contributed by atoms with Crippen LogP contribution in [0.3, 0.4) is 0 Å². The molecule has 0 aromatic heterocycles. The Kier molecular flexibility index (Phi) is 6.49. The number of aliphatic imine (C=N–C) groups is 1. The van der Waals surface area contributed by atoms with Crippen LogP contribution in [-0.4, -0.2) is 19.0 Å². The Bertz CT molecular complexity index is 524. The molecule has 0 bridgehead atoms. The highest BCUT2D eigenvalue weighted by Crippen LogP contribution is 2.27. The second kappa shape index (κ2) is 8.88. The molecule has 0 unspecified atom stereocenters. The van der Waals surface area contributed by atoms with E-state index in [1.807, 2.05) is 0 Å². The van der Waals surface area contributed by atoms with E-state index in [-0.39, 0.29) is 0 Å². The van der Waals surface area contributed by atoms with E-state index in [0.29, 0.717) is 11.9 Å². The molecule has 2 rings (SSSR count). The quantitative estimate of drug-likeness (QED) is 0.606. The summed E-state index contributed by atoms with van der Waals surface area (Å²) in [5.41, 5.74) is 8.53. The van der Waals surface area contributed by atoms with E-state index in [9.17, 15) is 0 Å². The first-order valence-electron chi connectivity index (χ1n) is 7.95. The highest BCUT2D eigenvalue weighted by molar-refractivity contribution is 5.77. The van der Waals surface area contributed by atoms with Gasteiger partial charge in [0.05, 0.1) is 0 Å². The minimum atomic E-state index is 0.369. The molecule has 3 heteroatoms. The van der Waals surface area contributed by atoms with Crippen molar-refractivity contribution >= 4 is 5.96 Å². The summed E-state index contributed by atoms with van der Waals surface area (Å²) in [6, 6.07) is 21.2. The minimum Gasteiger partial charge on any atom is -0.370 e. The van der Waals surface area contributed by atoms with Gasteiger partial charge in [-0.25, -0.2) is 0 Å². The topological polar surface area (TPSA) is 50.4 Å². The predicted molar refractivity (Wildman–Crippen MR) is 94.1 cm³/mol. The van der Waals surface area contributed by atoms with Crippen molar-refractivity contribution in [2.45, 2.75) is 25.7 Å². The molecule has 0 amide bonds. The maximum absolute atomic E-state index is 5.86. The van der Waals surface area contributed by atoms with Gasteiger partial charge in [0, 0.05) is 19.0 Å². The van der Waals surface area contributed by atoms with Gasteiger partial charge < -0.3 is 11.1 Å². The maximum atomic E-state index is 5.86. The van der Waals surface area contributed by atoms with Crippen molar-refractivity contribution in [3.63, 3.8) is 0 Å². The molecule has 116 valence electrons. The number of benzene rings is 2. The third-order valence-electron chi connectivity index (χ3n) is 3.65. The number of hydrogen-bond donors (Lipinski definition) is 2. The minimum absolute atomic E-state index is 0.369. The second-order valence-electron chi connectivity index (χ2n) is 5.36. The Labute approximate surface area is 133 Å². The Hall–Kier alpha value is -2.29. The molecule has 22 heavy (non-hydrogen) atoms. The van der Waals surface area contributed by atoms with Gasteiger partial charge in [-0.3, -0.25) is 4.99 Å². The summed E-state index contributed by atoms with van der Waals surface area (Å²) in [7, 11) is 0. The predicted octanol–water partition coefficient (Wildman–Crippen LogP) is 3.52. The SMILES string of the molecule is CCCN=C(N)NCCC(c1ccccc1)c1ccccc1. The van der Waals surface area contributed by atoms with E-state index in [4.69, 9.17) is 5.73 Å². The first kappa shape index (κ1) is 16.1. The van der Waals surface area contributed by atoms with Crippen molar-refractivity contribution in [3.8, 4) is 0 Å². The molecule has 3 nitrogen and oxygen atoms in total. The van der Waals surface area contributed by atoms with E-state index in [0.717, 1.165) is 25.9 Å². The largest absolute Gasteiger partial charge is 0.370 e. The maximum Gasteiger partial charge on any atom is 0.188 e.